The van der Waals surface area contributed by atoms with Crippen LogP contribution >= 0.6 is 0 Å². The molecule has 0 aromatic carbocycles. The van der Waals surface area contributed by atoms with E-state index in [4.69, 9.17) is 15.2 Å². The Morgan fingerprint density at radius 1 is 1.58 bits per heavy atom. The molecule has 5 heteroatoms. The lowest BCUT2D eigenvalue weighted by molar-refractivity contribution is -0.122. The van der Waals surface area contributed by atoms with Gasteiger partial charge in [-0.25, -0.2) is 0 Å². The quantitative estimate of drug-likeness (QED) is 0.583. The topological polar surface area (TPSA) is 73.6 Å². The van der Waals surface area contributed by atoms with Crippen LogP contribution in [0.3, 0.4) is 0 Å². The van der Waals surface area contributed by atoms with E-state index in [-0.39, 0.29) is 12.0 Å². The van der Waals surface area contributed by atoms with Crippen LogP contribution in [0.5, 0.6) is 0 Å². The van der Waals surface area contributed by atoms with Gasteiger partial charge >= 0.3 is 0 Å². The third-order valence-corrected chi connectivity index (χ3v) is 3.50. The number of ether oxygens (including phenoxy) is 2. The highest BCUT2D eigenvalue weighted by Gasteiger charge is 2.15. The van der Waals surface area contributed by atoms with E-state index < -0.39 is 0 Å². The summed E-state index contributed by atoms with van der Waals surface area (Å²) in [5, 5.41) is 2.90. The van der Waals surface area contributed by atoms with Gasteiger partial charge in [-0.3, -0.25) is 4.79 Å². The molecular formula is C14H28N2O3. The maximum Gasteiger partial charge on any atom is 0.220 e. The van der Waals surface area contributed by atoms with Crippen molar-refractivity contribution in [2.24, 2.45) is 11.7 Å². The largest absolute Gasteiger partial charge is 0.379 e. The summed E-state index contributed by atoms with van der Waals surface area (Å²) in [6.45, 7) is 5.53. The summed E-state index contributed by atoms with van der Waals surface area (Å²) in [5.41, 5.74) is 5.57. The van der Waals surface area contributed by atoms with E-state index in [1.54, 1.807) is 0 Å². The molecule has 1 fully saturated rings. The van der Waals surface area contributed by atoms with E-state index in [2.05, 4.69) is 12.2 Å². The first-order valence-corrected chi connectivity index (χ1v) is 7.42. The summed E-state index contributed by atoms with van der Waals surface area (Å²) in [5.74, 6) is 0.396. The second-order valence-corrected chi connectivity index (χ2v) is 5.13. The van der Waals surface area contributed by atoms with Crippen LogP contribution in [0, 0.1) is 5.92 Å². The zero-order chi connectivity index (χ0) is 13.9. The lowest BCUT2D eigenvalue weighted by Crippen LogP contribution is -2.29. The number of amides is 1. The van der Waals surface area contributed by atoms with Crippen molar-refractivity contribution in [1.82, 2.24) is 5.32 Å². The van der Waals surface area contributed by atoms with Gasteiger partial charge in [0, 0.05) is 26.2 Å². The molecule has 1 saturated heterocycles. The van der Waals surface area contributed by atoms with Crippen LogP contribution in [0.2, 0.25) is 0 Å². The van der Waals surface area contributed by atoms with Crippen molar-refractivity contribution >= 4 is 5.91 Å². The van der Waals surface area contributed by atoms with Crippen molar-refractivity contribution in [2.75, 3.05) is 32.9 Å². The molecular weight excluding hydrogens is 244 g/mol. The Morgan fingerprint density at radius 3 is 3.05 bits per heavy atom. The molecule has 112 valence electrons. The average molecular weight is 272 g/mol. The van der Waals surface area contributed by atoms with Crippen LogP contribution in [0.15, 0.2) is 0 Å². The Morgan fingerprint density at radius 2 is 2.42 bits per heavy atom. The van der Waals surface area contributed by atoms with Gasteiger partial charge in [-0.2, -0.15) is 0 Å². The average Bonchev–Trinajstić information content (AvgIpc) is 2.93. The number of hydrogen-bond acceptors (Lipinski definition) is 4. The van der Waals surface area contributed by atoms with Gasteiger partial charge in [0.25, 0.3) is 0 Å². The van der Waals surface area contributed by atoms with Crippen LogP contribution in [0.25, 0.3) is 0 Å². The molecule has 0 aliphatic carbocycles. The summed E-state index contributed by atoms with van der Waals surface area (Å²) >= 11 is 0. The van der Waals surface area contributed by atoms with Gasteiger partial charge in [0.15, 0.2) is 0 Å². The van der Waals surface area contributed by atoms with E-state index in [9.17, 15) is 4.79 Å². The minimum absolute atomic E-state index is 0.0939. The monoisotopic (exact) mass is 272 g/mol. The fraction of sp³-hybridized carbons (Fsp3) is 0.929. The Labute approximate surface area is 116 Å². The van der Waals surface area contributed by atoms with Crippen molar-refractivity contribution in [3.63, 3.8) is 0 Å². The Bertz CT molecular complexity index is 239. The van der Waals surface area contributed by atoms with E-state index in [0.29, 0.717) is 38.6 Å². The van der Waals surface area contributed by atoms with Crippen molar-refractivity contribution in [3.8, 4) is 0 Å². The third kappa shape index (κ3) is 7.50. The summed E-state index contributed by atoms with van der Waals surface area (Å²) in [6, 6.07) is 0. The molecule has 1 amide bonds. The van der Waals surface area contributed by atoms with Crippen molar-refractivity contribution < 1.29 is 14.3 Å². The van der Waals surface area contributed by atoms with Gasteiger partial charge in [0.2, 0.25) is 5.91 Å². The predicted molar refractivity (Wildman–Crippen MR) is 74.9 cm³/mol. The number of rotatable bonds is 10. The first kappa shape index (κ1) is 16.4. The van der Waals surface area contributed by atoms with Gasteiger partial charge in [-0.05, 0) is 31.7 Å². The SMILES string of the molecule is CCC(CN)CC(=O)NCCCOCC1CCCO1. The van der Waals surface area contributed by atoms with Gasteiger partial charge in [-0.1, -0.05) is 13.3 Å². The van der Waals surface area contributed by atoms with Crippen molar-refractivity contribution in [1.29, 1.82) is 0 Å². The van der Waals surface area contributed by atoms with E-state index >= 15 is 0 Å². The zero-order valence-electron chi connectivity index (χ0n) is 12.0. The first-order chi connectivity index (χ1) is 9.26. The fourth-order valence-electron chi connectivity index (χ4n) is 2.12. The number of nitrogens with two attached hydrogens (primary N) is 1. The maximum atomic E-state index is 11.6. The predicted octanol–water partition coefficient (Wildman–Crippen LogP) is 1.06. The lowest BCUT2D eigenvalue weighted by atomic mass is 10.0. The number of hydrogen-bond donors (Lipinski definition) is 2. The van der Waals surface area contributed by atoms with Crippen LogP contribution in [0.4, 0.5) is 0 Å². The molecule has 0 radical (unpaired) electrons. The van der Waals surface area contributed by atoms with Crippen LogP contribution < -0.4 is 11.1 Å². The molecule has 1 rings (SSSR count). The molecule has 1 aliphatic rings. The highest BCUT2D eigenvalue weighted by Crippen LogP contribution is 2.11. The minimum atomic E-state index is 0.0939. The molecule has 1 heterocycles. The Balaban J connectivity index is 1.90. The molecule has 0 saturated carbocycles. The summed E-state index contributed by atoms with van der Waals surface area (Å²) < 4.78 is 11.0. The van der Waals surface area contributed by atoms with Crippen molar-refractivity contribution in [2.45, 2.75) is 45.1 Å². The van der Waals surface area contributed by atoms with Crippen molar-refractivity contribution in [3.05, 3.63) is 0 Å². The number of carbonyl (C=O) groups excluding carboxylic acids is 1. The molecule has 1 aliphatic heterocycles. The van der Waals surface area contributed by atoms with Crippen LogP contribution in [0.1, 0.15) is 39.0 Å². The van der Waals surface area contributed by atoms with Gasteiger partial charge in [0.05, 0.1) is 12.7 Å². The minimum Gasteiger partial charge on any atom is -0.379 e. The molecule has 0 aromatic heterocycles. The standard InChI is InChI=1S/C14H28N2O3/c1-2-12(10-15)9-14(17)16-6-4-7-18-11-13-5-3-8-19-13/h12-13H,2-11,15H2,1H3,(H,16,17). The van der Waals surface area contributed by atoms with E-state index in [1.165, 1.54) is 0 Å². The second kappa shape index (κ2) is 10.2. The van der Waals surface area contributed by atoms with Gasteiger partial charge in [0.1, 0.15) is 0 Å². The van der Waals surface area contributed by atoms with Crippen LogP contribution in [-0.4, -0.2) is 44.9 Å². The Kier molecular flexibility index (Phi) is 8.79. The Hall–Kier alpha value is -0.650. The summed E-state index contributed by atoms with van der Waals surface area (Å²) in [4.78, 5) is 11.6. The van der Waals surface area contributed by atoms with Gasteiger partial charge in [-0.15, -0.1) is 0 Å². The number of nitrogens with one attached hydrogen (secondary N) is 1. The number of carbonyl (C=O) groups is 1. The fourth-order valence-corrected chi connectivity index (χ4v) is 2.12. The molecule has 0 aromatic rings. The summed E-state index contributed by atoms with van der Waals surface area (Å²) in [6.07, 6.45) is 4.86. The first-order valence-electron chi connectivity index (χ1n) is 7.42. The van der Waals surface area contributed by atoms with E-state index in [1.807, 2.05) is 0 Å². The maximum absolute atomic E-state index is 11.6. The molecule has 5 nitrogen and oxygen atoms in total. The van der Waals surface area contributed by atoms with E-state index in [0.717, 1.165) is 32.3 Å². The van der Waals surface area contributed by atoms with Gasteiger partial charge < -0.3 is 20.5 Å². The molecule has 3 N–H and O–H groups in total. The highest BCUT2D eigenvalue weighted by atomic mass is 16.5. The lowest BCUT2D eigenvalue weighted by Gasteiger charge is -2.12. The molecule has 19 heavy (non-hydrogen) atoms. The second-order valence-electron chi connectivity index (χ2n) is 5.13. The third-order valence-electron chi connectivity index (χ3n) is 3.50. The molecule has 2 atom stereocenters. The summed E-state index contributed by atoms with van der Waals surface area (Å²) in [7, 11) is 0. The smallest absolute Gasteiger partial charge is 0.220 e. The highest BCUT2D eigenvalue weighted by molar-refractivity contribution is 5.76. The normalized spacial score (nSPS) is 20.4. The molecule has 2 unspecified atom stereocenters. The zero-order valence-corrected chi connectivity index (χ0v) is 12.0. The van der Waals surface area contributed by atoms with Crippen LogP contribution in [-0.2, 0) is 14.3 Å². The molecule has 0 bridgehead atoms. The molecule has 0 spiro atoms.